The van der Waals surface area contributed by atoms with Gasteiger partial charge >= 0.3 is 0 Å². The maximum Gasteiger partial charge on any atom is 0.126 e. The average molecular weight is 314 g/mol. The number of carbonyl (C=O) groups excluding carboxylic acids is 1. The molecule has 0 saturated heterocycles. The Morgan fingerprint density at radius 1 is 1.26 bits per heavy atom. The highest BCUT2D eigenvalue weighted by Gasteiger charge is 2.51. The summed E-state index contributed by atoms with van der Waals surface area (Å²) in [5.74, 6) is 1.93. The lowest BCUT2D eigenvalue weighted by Gasteiger charge is -2.53. The molecule has 2 heteroatoms. The van der Waals surface area contributed by atoms with Crippen molar-refractivity contribution >= 4 is 6.29 Å². The topological polar surface area (TPSA) is 26.3 Å². The first-order valence-corrected chi connectivity index (χ1v) is 9.03. The molecule has 1 fully saturated rings. The standard InChI is InChI=1S/C21H30O2/c1-14(2)16-11-15-7-8-19-20(3,13-22)9-6-10-21(19,4)17(15)12-18(16)23-5/h11-14,19H,6-10H2,1-5H3/t19-,20+,21+/m0/s1. The fourth-order valence-electron chi connectivity index (χ4n) is 5.33. The number of ether oxygens (including phenoxy) is 1. The van der Waals surface area contributed by atoms with Crippen molar-refractivity contribution in [2.75, 3.05) is 7.11 Å². The highest BCUT2D eigenvalue weighted by atomic mass is 16.5. The van der Waals surface area contributed by atoms with Crippen LogP contribution in [0.2, 0.25) is 0 Å². The number of methoxy groups -OCH3 is 1. The number of hydrogen-bond acceptors (Lipinski definition) is 2. The third-order valence-electron chi connectivity index (χ3n) is 6.64. The van der Waals surface area contributed by atoms with Crippen LogP contribution in [-0.2, 0) is 16.6 Å². The minimum absolute atomic E-state index is 0.101. The van der Waals surface area contributed by atoms with Crippen LogP contribution in [0.15, 0.2) is 12.1 Å². The van der Waals surface area contributed by atoms with Gasteiger partial charge in [-0.15, -0.1) is 0 Å². The monoisotopic (exact) mass is 314 g/mol. The zero-order chi connectivity index (χ0) is 16.8. The fraction of sp³-hybridized carbons (Fsp3) is 0.667. The molecule has 0 aromatic heterocycles. The zero-order valence-electron chi connectivity index (χ0n) is 15.2. The molecule has 0 heterocycles. The lowest BCUT2D eigenvalue weighted by molar-refractivity contribution is -0.123. The Morgan fingerprint density at radius 3 is 2.61 bits per heavy atom. The Hall–Kier alpha value is -1.31. The highest BCUT2D eigenvalue weighted by molar-refractivity contribution is 5.61. The fourth-order valence-corrected chi connectivity index (χ4v) is 5.33. The smallest absolute Gasteiger partial charge is 0.126 e. The Kier molecular flexibility index (Phi) is 4.06. The molecular weight excluding hydrogens is 284 g/mol. The van der Waals surface area contributed by atoms with E-state index >= 15 is 0 Å². The molecule has 2 aliphatic rings. The van der Waals surface area contributed by atoms with E-state index in [-0.39, 0.29) is 10.8 Å². The van der Waals surface area contributed by atoms with E-state index in [1.54, 1.807) is 7.11 Å². The number of rotatable bonds is 3. The summed E-state index contributed by atoms with van der Waals surface area (Å²) in [4.78, 5) is 11.8. The Balaban J connectivity index is 2.14. The van der Waals surface area contributed by atoms with Crippen LogP contribution in [0.5, 0.6) is 5.75 Å². The Morgan fingerprint density at radius 2 is 2.00 bits per heavy atom. The summed E-state index contributed by atoms with van der Waals surface area (Å²) in [6.45, 7) is 9.00. The molecular formula is C21H30O2. The van der Waals surface area contributed by atoms with E-state index in [1.807, 2.05) is 0 Å². The highest BCUT2D eigenvalue weighted by Crippen LogP contribution is 2.57. The summed E-state index contributed by atoms with van der Waals surface area (Å²) < 4.78 is 5.71. The van der Waals surface area contributed by atoms with Gasteiger partial charge in [0.1, 0.15) is 12.0 Å². The number of aldehydes is 1. The second-order valence-corrected chi connectivity index (χ2v) is 8.39. The van der Waals surface area contributed by atoms with Gasteiger partial charge in [0.2, 0.25) is 0 Å². The first kappa shape index (κ1) is 16.5. The van der Waals surface area contributed by atoms with E-state index in [2.05, 4.69) is 39.8 Å². The largest absolute Gasteiger partial charge is 0.496 e. The molecule has 126 valence electrons. The number of carbonyl (C=O) groups is 1. The van der Waals surface area contributed by atoms with Gasteiger partial charge in [0, 0.05) is 5.41 Å². The van der Waals surface area contributed by atoms with E-state index in [0.29, 0.717) is 11.8 Å². The van der Waals surface area contributed by atoms with Crippen molar-refractivity contribution in [3.8, 4) is 5.75 Å². The third kappa shape index (κ3) is 2.42. The molecule has 0 N–H and O–H groups in total. The van der Waals surface area contributed by atoms with Crippen molar-refractivity contribution in [2.24, 2.45) is 11.3 Å². The molecule has 0 bridgehead atoms. The van der Waals surface area contributed by atoms with Crippen LogP contribution in [0.3, 0.4) is 0 Å². The number of hydrogen-bond donors (Lipinski definition) is 0. The predicted octanol–water partition coefficient (Wildman–Crippen LogP) is 5.03. The molecule has 0 radical (unpaired) electrons. The van der Waals surface area contributed by atoms with Gasteiger partial charge in [-0.25, -0.2) is 0 Å². The summed E-state index contributed by atoms with van der Waals surface area (Å²) in [5, 5.41) is 0. The molecule has 0 unspecified atom stereocenters. The minimum atomic E-state index is -0.172. The molecule has 1 aromatic carbocycles. The molecule has 3 rings (SSSR count). The molecule has 3 atom stereocenters. The molecule has 0 spiro atoms. The summed E-state index contributed by atoms with van der Waals surface area (Å²) in [7, 11) is 1.77. The second kappa shape index (κ2) is 5.65. The Labute approximate surface area is 140 Å². The van der Waals surface area contributed by atoms with Crippen LogP contribution in [0, 0.1) is 11.3 Å². The van der Waals surface area contributed by atoms with Gasteiger partial charge in [-0.1, -0.05) is 40.2 Å². The number of aryl methyl sites for hydroxylation is 1. The van der Waals surface area contributed by atoms with Gasteiger partial charge in [-0.05, 0) is 65.7 Å². The van der Waals surface area contributed by atoms with Crippen LogP contribution >= 0.6 is 0 Å². The summed E-state index contributed by atoms with van der Waals surface area (Å²) in [6, 6.07) is 4.65. The molecule has 23 heavy (non-hydrogen) atoms. The Bertz CT molecular complexity index is 619. The van der Waals surface area contributed by atoms with Crippen molar-refractivity contribution < 1.29 is 9.53 Å². The van der Waals surface area contributed by atoms with E-state index in [4.69, 9.17) is 4.74 Å². The third-order valence-corrected chi connectivity index (χ3v) is 6.64. The van der Waals surface area contributed by atoms with Crippen LogP contribution in [0.25, 0.3) is 0 Å². The molecule has 0 aliphatic heterocycles. The van der Waals surface area contributed by atoms with Crippen LogP contribution in [0.1, 0.15) is 76.0 Å². The van der Waals surface area contributed by atoms with Gasteiger partial charge in [-0.3, -0.25) is 0 Å². The summed E-state index contributed by atoms with van der Waals surface area (Å²) in [6.07, 6.45) is 6.80. The maximum atomic E-state index is 11.8. The summed E-state index contributed by atoms with van der Waals surface area (Å²) >= 11 is 0. The summed E-state index contributed by atoms with van der Waals surface area (Å²) in [5.41, 5.74) is 4.15. The molecule has 2 aliphatic carbocycles. The van der Waals surface area contributed by atoms with Crippen molar-refractivity contribution in [1.29, 1.82) is 0 Å². The van der Waals surface area contributed by atoms with E-state index < -0.39 is 0 Å². The number of benzene rings is 1. The molecule has 2 nitrogen and oxygen atoms in total. The molecule has 1 aromatic rings. The lowest BCUT2D eigenvalue weighted by Crippen LogP contribution is -2.49. The normalized spacial score (nSPS) is 33.0. The van der Waals surface area contributed by atoms with Crippen LogP contribution in [-0.4, -0.2) is 13.4 Å². The van der Waals surface area contributed by atoms with Gasteiger partial charge in [0.05, 0.1) is 7.11 Å². The van der Waals surface area contributed by atoms with Gasteiger partial charge in [0.25, 0.3) is 0 Å². The SMILES string of the molecule is COc1cc2c(cc1C(C)C)CC[C@H]1[C@@](C)(C=O)CCC[C@]21C. The van der Waals surface area contributed by atoms with E-state index in [9.17, 15) is 4.79 Å². The van der Waals surface area contributed by atoms with Crippen LogP contribution < -0.4 is 4.74 Å². The molecule has 0 amide bonds. The minimum Gasteiger partial charge on any atom is -0.496 e. The van der Waals surface area contributed by atoms with E-state index in [1.165, 1.54) is 29.4 Å². The van der Waals surface area contributed by atoms with Crippen molar-refractivity contribution in [3.05, 3.63) is 28.8 Å². The van der Waals surface area contributed by atoms with Crippen LogP contribution in [0.4, 0.5) is 0 Å². The van der Waals surface area contributed by atoms with Gasteiger partial charge < -0.3 is 9.53 Å². The quantitative estimate of drug-likeness (QED) is 0.732. The van der Waals surface area contributed by atoms with Crippen molar-refractivity contribution in [3.63, 3.8) is 0 Å². The first-order valence-electron chi connectivity index (χ1n) is 9.03. The second-order valence-electron chi connectivity index (χ2n) is 8.39. The molecule has 1 saturated carbocycles. The first-order chi connectivity index (χ1) is 10.9. The van der Waals surface area contributed by atoms with Gasteiger partial charge in [0.15, 0.2) is 0 Å². The predicted molar refractivity (Wildman–Crippen MR) is 94.3 cm³/mol. The lowest BCUT2D eigenvalue weighted by atomic mass is 9.50. The van der Waals surface area contributed by atoms with Gasteiger partial charge in [-0.2, -0.15) is 0 Å². The van der Waals surface area contributed by atoms with Crippen molar-refractivity contribution in [2.45, 2.75) is 71.1 Å². The van der Waals surface area contributed by atoms with E-state index in [0.717, 1.165) is 31.4 Å². The zero-order valence-corrected chi connectivity index (χ0v) is 15.2. The maximum absolute atomic E-state index is 11.8. The average Bonchev–Trinajstić information content (AvgIpc) is 2.53. The number of fused-ring (bicyclic) bond motifs is 3. The van der Waals surface area contributed by atoms with Crippen molar-refractivity contribution in [1.82, 2.24) is 0 Å².